The predicted molar refractivity (Wildman–Crippen MR) is 118 cm³/mol. The Morgan fingerprint density at radius 2 is 1.97 bits per heavy atom. The lowest BCUT2D eigenvalue weighted by molar-refractivity contribution is 0.0651. The van der Waals surface area contributed by atoms with Gasteiger partial charge in [-0.05, 0) is 37.6 Å². The van der Waals surface area contributed by atoms with Crippen LogP contribution in [0.25, 0.3) is 11.1 Å². The van der Waals surface area contributed by atoms with Gasteiger partial charge in [-0.3, -0.25) is 9.36 Å². The Labute approximate surface area is 190 Å². The van der Waals surface area contributed by atoms with Crippen LogP contribution in [-0.2, 0) is 24.8 Å². The number of anilines is 2. The second-order valence-corrected chi connectivity index (χ2v) is 8.80. The van der Waals surface area contributed by atoms with Gasteiger partial charge in [-0.25, -0.2) is 13.2 Å². The van der Waals surface area contributed by atoms with E-state index in [0.717, 1.165) is 43.1 Å². The van der Waals surface area contributed by atoms with Crippen molar-refractivity contribution in [2.75, 3.05) is 32.1 Å². The van der Waals surface area contributed by atoms with Crippen LogP contribution in [0.1, 0.15) is 42.1 Å². The zero-order valence-corrected chi connectivity index (χ0v) is 18.7. The van der Waals surface area contributed by atoms with Crippen LogP contribution in [0.5, 0.6) is 0 Å². The number of halogens is 3. The van der Waals surface area contributed by atoms with Gasteiger partial charge in [-0.1, -0.05) is 0 Å². The molecule has 0 saturated carbocycles. The molecule has 0 bridgehead atoms. The van der Waals surface area contributed by atoms with Crippen molar-refractivity contribution in [1.82, 2.24) is 24.5 Å². The molecule has 5 rings (SSSR count). The Kier molecular flexibility index (Phi) is 5.88. The highest BCUT2D eigenvalue weighted by Gasteiger charge is 2.29. The van der Waals surface area contributed by atoms with E-state index in [1.165, 1.54) is 16.9 Å². The molecule has 10 heteroatoms. The molecule has 33 heavy (non-hydrogen) atoms. The van der Waals surface area contributed by atoms with Crippen LogP contribution in [0, 0.1) is 5.82 Å². The Hall–Kier alpha value is -2.85. The number of alkyl halides is 2. The third kappa shape index (κ3) is 4.24. The van der Waals surface area contributed by atoms with Crippen LogP contribution >= 0.6 is 0 Å². The molecule has 0 amide bonds. The molecular formula is C23H27F3N6O. The van der Waals surface area contributed by atoms with Gasteiger partial charge >= 0.3 is 0 Å². The first kappa shape index (κ1) is 22.0. The van der Waals surface area contributed by atoms with Crippen LogP contribution in [0.2, 0.25) is 0 Å². The number of rotatable bonds is 5. The first-order valence-electron chi connectivity index (χ1n) is 11.1. The van der Waals surface area contributed by atoms with E-state index in [9.17, 15) is 8.78 Å². The molecule has 0 atom stereocenters. The standard InChI is InChI=1S/C23H27F3N6O/c1-30-6-3-21-18(13-30)23(29-32(21)15-4-7-33-8-5-15)28-20-10-17(22(25)26)16(9-19(20)24)14-11-27-31(2)12-14/h9-12,15,22H,3-8,13H2,1-2H3,(H,28,29). The number of aromatic nitrogens is 4. The molecule has 0 radical (unpaired) electrons. The smallest absolute Gasteiger partial charge is 0.264 e. The van der Waals surface area contributed by atoms with Gasteiger partial charge in [-0.15, -0.1) is 0 Å². The quantitative estimate of drug-likeness (QED) is 0.610. The molecule has 1 fully saturated rings. The van der Waals surface area contributed by atoms with Gasteiger partial charge in [0.1, 0.15) is 5.82 Å². The van der Waals surface area contributed by atoms with Crippen molar-refractivity contribution in [2.24, 2.45) is 7.05 Å². The number of benzene rings is 1. The van der Waals surface area contributed by atoms with Gasteiger partial charge in [0.25, 0.3) is 6.43 Å². The molecule has 0 aliphatic carbocycles. The van der Waals surface area contributed by atoms with Crippen LogP contribution in [0.4, 0.5) is 24.7 Å². The fraction of sp³-hybridized carbons (Fsp3) is 0.478. The summed E-state index contributed by atoms with van der Waals surface area (Å²) in [6, 6.07) is 2.56. The summed E-state index contributed by atoms with van der Waals surface area (Å²) in [5, 5.41) is 11.9. The average molecular weight is 461 g/mol. The number of hydrogen-bond acceptors (Lipinski definition) is 5. The summed E-state index contributed by atoms with van der Waals surface area (Å²) in [5.41, 5.74) is 2.44. The largest absolute Gasteiger partial charge is 0.381 e. The molecule has 2 aliphatic heterocycles. The van der Waals surface area contributed by atoms with Gasteiger partial charge in [0, 0.05) is 68.4 Å². The second-order valence-electron chi connectivity index (χ2n) is 8.80. The fourth-order valence-corrected chi connectivity index (χ4v) is 4.72. The van der Waals surface area contributed by atoms with Crippen molar-refractivity contribution >= 4 is 11.5 Å². The third-order valence-corrected chi connectivity index (χ3v) is 6.46. The Balaban J connectivity index is 1.53. The maximum atomic E-state index is 15.1. The molecule has 4 heterocycles. The number of likely N-dealkylation sites (N-methyl/N-ethyl adjacent to an activating group) is 1. The highest BCUT2D eigenvalue weighted by atomic mass is 19.3. The molecule has 1 aromatic carbocycles. The van der Waals surface area contributed by atoms with E-state index in [-0.39, 0.29) is 22.9 Å². The van der Waals surface area contributed by atoms with Crippen LogP contribution in [0.15, 0.2) is 24.5 Å². The van der Waals surface area contributed by atoms with E-state index in [1.807, 2.05) is 11.7 Å². The molecule has 176 valence electrons. The SMILES string of the molecule is CN1CCc2c(c(Nc3cc(C(F)F)c(-c4cnn(C)c4)cc3F)nn2C2CCOCC2)C1. The summed E-state index contributed by atoms with van der Waals surface area (Å²) in [6.07, 6.45) is 2.86. The molecule has 3 aromatic rings. The minimum atomic E-state index is -2.76. The highest BCUT2D eigenvalue weighted by Crippen LogP contribution is 2.37. The molecule has 1 saturated heterocycles. The van der Waals surface area contributed by atoms with E-state index in [2.05, 4.69) is 15.3 Å². The van der Waals surface area contributed by atoms with Crippen molar-refractivity contribution in [3.63, 3.8) is 0 Å². The van der Waals surface area contributed by atoms with E-state index in [1.54, 1.807) is 13.2 Å². The van der Waals surface area contributed by atoms with Gasteiger partial charge in [0.15, 0.2) is 5.82 Å². The van der Waals surface area contributed by atoms with Crippen LogP contribution in [-0.4, -0.2) is 51.3 Å². The van der Waals surface area contributed by atoms with Crippen molar-refractivity contribution in [1.29, 1.82) is 0 Å². The number of nitrogens with one attached hydrogen (secondary N) is 1. The Morgan fingerprint density at radius 1 is 1.18 bits per heavy atom. The molecule has 0 unspecified atom stereocenters. The van der Waals surface area contributed by atoms with Crippen LogP contribution in [0.3, 0.4) is 0 Å². The van der Waals surface area contributed by atoms with Gasteiger partial charge in [0.2, 0.25) is 0 Å². The molecule has 2 aromatic heterocycles. The van der Waals surface area contributed by atoms with E-state index in [0.29, 0.717) is 31.1 Å². The van der Waals surface area contributed by atoms with Gasteiger partial charge < -0.3 is 15.0 Å². The topological polar surface area (TPSA) is 60.1 Å². The van der Waals surface area contributed by atoms with Crippen molar-refractivity contribution in [2.45, 2.75) is 38.3 Å². The second kappa shape index (κ2) is 8.83. The first-order chi connectivity index (χ1) is 15.9. The number of ether oxygens (including phenoxy) is 1. The molecule has 0 spiro atoms. The summed E-state index contributed by atoms with van der Waals surface area (Å²) in [7, 11) is 3.71. The minimum absolute atomic E-state index is 0.00871. The summed E-state index contributed by atoms with van der Waals surface area (Å²) in [6.45, 7) is 2.94. The summed E-state index contributed by atoms with van der Waals surface area (Å²) < 4.78 is 52.0. The molecule has 7 nitrogen and oxygen atoms in total. The highest BCUT2D eigenvalue weighted by molar-refractivity contribution is 5.72. The number of aryl methyl sites for hydroxylation is 1. The zero-order chi connectivity index (χ0) is 23.1. The third-order valence-electron chi connectivity index (χ3n) is 6.46. The van der Waals surface area contributed by atoms with E-state index < -0.39 is 12.2 Å². The summed E-state index contributed by atoms with van der Waals surface area (Å²) >= 11 is 0. The summed E-state index contributed by atoms with van der Waals surface area (Å²) in [4.78, 5) is 2.18. The van der Waals surface area contributed by atoms with Crippen molar-refractivity contribution in [3.8, 4) is 11.1 Å². The normalized spacial score (nSPS) is 17.5. The first-order valence-corrected chi connectivity index (χ1v) is 11.1. The predicted octanol–water partition coefficient (Wildman–Crippen LogP) is 4.44. The lowest BCUT2D eigenvalue weighted by Crippen LogP contribution is -2.29. The molecule has 2 aliphatic rings. The number of hydrogen-bond donors (Lipinski definition) is 1. The molecular weight excluding hydrogens is 433 g/mol. The fourth-order valence-electron chi connectivity index (χ4n) is 4.72. The lowest BCUT2D eigenvalue weighted by Gasteiger charge is -2.27. The van der Waals surface area contributed by atoms with E-state index in [4.69, 9.17) is 9.84 Å². The zero-order valence-electron chi connectivity index (χ0n) is 18.7. The number of fused-ring (bicyclic) bond motifs is 1. The summed E-state index contributed by atoms with van der Waals surface area (Å²) in [5.74, 6) is -0.0898. The monoisotopic (exact) mass is 460 g/mol. The van der Waals surface area contributed by atoms with E-state index >= 15 is 4.39 Å². The Morgan fingerprint density at radius 3 is 2.67 bits per heavy atom. The van der Waals surface area contributed by atoms with Gasteiger partial charge in [0.05, 0.1) is 17.9 Å². The van der Waals surface area contributed by atoms with Crippen LogP contribution < -0.4 is 5.32 Å². The average Bonchev–Trinajstić information content (AvgIpc) is 3.39. The van der Waals surface area contributed by atoms with Gasteiger partial charge in [-0.2, -0.15) is 10.2 Å². The maximum absolute atomic E-state index is 15.1. The number of nitrogens with zero attached hydrogens (tertiary/aromatic N) is 5. The maximum Gasteiger partial charge on any atom is 0.264 e. The van der Waals surface area contributed by atoms with Crippen molar-refractivity contribution in [3.05, 3.63) is 47.2 Å². The molecule has 1 N–H and O–H groups in total. The minimum Gasteiger partial charge on any atom is -0.381 e. The van der Waals surface area contributed by atoms with Crippen molar-refractivity contribution < 1.29 is 17.9 Å². The lowest BCUT2D eigenvalue weighted by atomic mass is 10.0. The Bertz CT molecular complexity index is 1150.